The summed E-state index contributed by atoms with van der Waals surface area (Å²) in [6.45, 7) is 4.45. The van der Waals surface area contributed by atoms with Crippen LogP contribution in [0.4, 0.5) is 0 Å². The SMILES string of the molecule is CN(Cc1nc2ccccn2c1C(=O)NCCN1CCCC1)[C@H]1CCCc2cccnc21. The maximum Gasteiger partial charge on any atom is 0.270 e. The zero-order chi connectivity index (χ0) is 21.9. The molecule has 3 aromatic rings. The lowest BCUT2D eigenvalue weighted by molar-refractivity contribution is 0.0941. The molecule has 1 atom stereocenters. The first-order valence-electron chi connectivity index (χ1n) is 11.8. The Hall–Kier alpha value is -2.77. The van der Waals surface area contributed by atoms with Crippen molar-refractivity contribution >= 4 is 11.6 Å². The van der Waals surface area contributed by atoms with Crippen molar-refractivity contribution in [3.63, 3.8) is 0 Å². The molecule has 1 N–H and O–H groups in total. The average Bonchev–Trinajstić information content (AvgIpc) is 3.46. The van der Waals surface area contributed by atoms with Crippen molar-refractivity contribution in [2.24, 2.45) is 0 Å². The lowest BCUT2D eigenvalue weighted by Crippen LogP contribution is -2.35. The molecule has 0 unspecified atom stereocenters. The number of carbonyl (C=O) groups is 1. The van der Waals surface area contributed by atoms with Gasteiger partial charge in [0.1, 0.15) is 11.3 Å². The second kappa shape index (κ2) is 9.38. The molecule has 32 heavy (non-hydrogen) atoms. The number of rotatable bonds is 7. The quantitative estimate of drug-likeness (QED) is 0.622. The minimum atomic E-state index is -0.0477. The zero-order valence-corrected chi connectivity index (χ0v) is 18.8. The van der Waals surface area contributed by atoms with E-state index in [0.29, 0.717) is 18.8 Å². The Labute approximate surface area is 189 Å². The van der Waals surface area contributed by atoms with E-state index in [9.17, 15) is 4.79 Å². The number of likely N-dealkylation sites (tertiary alicyclic amines) is 1. The highest BCUT2D eigenvalue weighted by atomic mass is 16.2. The summed E-state index contributed by atoms with van der Waals surface area (Å²) < 4.78 is 1.92. The van der Waals surface area contributed by atoms with Gasteiger partial charge in [0.15, 0.2) is 0 Å². The van der Waals surface area contributed by atoms with Crippen LogP contribution in [0, 0.1) is 0 Å². The molecule has 5 rings (SSSR count). The smallest absolute Gasteiger partial charge is 0.270 e. The Morgan fingerprint density at radius 2 is 2.06 bits per heavy atom. The molecule has 2 aliphatic rings. The van der Waals surface area contributed by atoms with E-state index in [2.05, 4.69) is 28.2 Å². The van der Waals surface area contributed by atoms with Gasteiger partial charge < -0.3 is 10.2 Å². The van der Waals surface area contributed by atoms with E-state index in [-0.39, 0.29) is 11.9 Å². The summed E-state index contributed by atoms with van der Waals surface area (Å²) in [7, 11) is 2.12. The Bertz CT molecular complexity index is 1090. The number of aryl methyl sites for hydroxylation is 1. The molecule has 7 heteroatoms. The maximum absolute atomic E-state index is 13.2. The van der Waals surface area contributed by atoms with E-state index in [0.717, 1.165) is 50.2 Å². The van der Waals surface area contributed by atoms with Gasteiger partial charge in [-0.3, -0.25) is 19.1 Å². The van der Waals surface area contributed by atoms with Gasteiger partial charge >= 0.3 is 0 Å². The molecule has 1 aliphatic heterocycles. The van der Waals surface area contributed by atoms with Crippen molar-refractivity contribution in [2.45, 2.75) is 44.7 Å². The molecule has 1 fully saturated rings. The molecule has 168 valence electrons. The Kier molecular flexibility index (Phi) is 6.19. The van der Waals surface area contributed by atoms with Gasteiger partial charge in [-0.2, -0.15) is 0 Å². The minimum absolute atomic E-state index is 0.0477. The summed E-state index contributed by atoms with van der Waals surface area (Å²) in [5, 5.41) is 3.14. The standard InChI is InChI=1S/C25H32N6O/c1-29(21-10-6-8-19-9-7-12-26-23(19)21)18-20-24(31-16-3-2-11-22(31)28-20)25(32)27-13-17-30-14-4-5-15-30/h2-3,7,9,11-12,16,21H,4-6,8,10,13-15,17-18H2,1H3,(H,27,32)/t21-/m0/s1. The second-order valence-corrected chi connectivity index (χ2v) is 9.01. The van der Waals surface area contributed by atoms with Gasteiger partial charge in [0.05, 0.1) is 17.4 Å². The lowest BCUT2D eigenvalue weighted by Gasteiger charge is -2.32. The first-order chi connectivity index (χ1) is 15.7. The number of aromatic nitrogens is 3. The summed E-state index contributed by atoms with van der Waals surface area (Å²) in [5.41, 5.74) is 4.78. The van der Waals surface area contributed by atoms with Crippen LogP contribution in [0.5, 0.6) is 0 Å². The molecule has 0 radical (unpaired) electrons. The van der Waals surface area contributed by atoms with Crippen molar-refractivity contribution in [3.8, 4) is 0 Å². The fraction of sp³-hybridized carbons (Fsp3) is 0.480. The molecule has 0 saturated carbocycles. The number of fused-ring (bicyclic) bond motifs is 2. The number of hydrogen-bond acceptors (Lipinski definition) is 5. The molecule has 7 nitrogen and oxygen atoms in total. The highest BCUT2D eigenvalue weighted by Crippen LogP contribution is 2.33. The summed E-state index contributed by atoms with van der Waals surface area (Å²) in [6.07, 6.45) is 9.65. The van der Waals surface area contributed by atoms with E-state index in [1.54, 1.807) is 0 Å². The van der Waals surface area contributed by atoms with Crippen LogP contribution >= 0.6 is 0 Å². The number of nitrogens with zero attached hydrogens (tertiary/aromatic N) is 5. The molecular weight excluding hydrogens is 400 g/mol. The lowest BCUT2D eigenvalue weighted by atomic mass is 9.91. The average molecular weight is 433 g/mol. The van der Waals surface area contributed by atoms with Crippen LogP contribution in [-0.4, -0.2) is 63.3 Å². The maximum atomic E-state index is 13.2. The van der Waals surface area contributed by atoms with Crippen molar-refractivity contribution in [1.82, 2.24) is 29.5 Å². The number of imidazole rings is 1. The van der Waals surface area contributed by atoms with Gasteiger partial charge in [-0.15, -0.1) is 0 Å². The minimum Gasteiger partial charge on any atom is -0.349 e. The Morgan fingerprint density at radius 1 is 1.19 bits per heavy atom. The summed E-state index contributed by atoms with van der Waals surface area (Å²) in [5.74, 6) is -0.0477. The fourth-order valence-electron chi connectivity index (χ4n) is 5.17. The van der Waals surface area contributed by atoms with E-state index >= 15 is 0 Å². The van der Waals surface area contributed by atoms with Gasteiger partial charge in [0, 0.05) is 32.0 Å². The van der Waals surface area contributed by atoms with E-state index < -0.39 is 0 Å². The zero-order valence-electron chi connectivity index (χ0n) is 18.8. The van der Waals surface area contributed by atoms with Gasteiger partial charge in [-0.05, 0) is 76.0 Å². The molecule has 3 aromatic heterocycles. The number of carbonyl (C=O) groups excluding carboxylic acids is 1. The molecule has 0 aromatic carbocycles. The van der Waals surface area contributed by atoms with E-state index in [4.69, 9.17) is 9.97 Å². The predicted octanol–water partition coefficient (Wildman–Crippen LogP) is 3.06. The number of amides is 1. The van der Waals surface area contributed by atoms with Crippen molar-refractivity contribution in [1.29, 1.82) is 0 Å². The van der Waals surface area contributed by atoms with Gasteiger partial charge in [-0.1, -0.05) is 12.1 Å². The van der Waals surface area contributed by atoms with Crippen LogP contribution < -0.4 is 5.32 Å². The van der Waals surface area contributed by atoms with Crippen LogP contribution in [0.15, 0.2) is 42.7 Å². The van der Waals surface area contributed by atoms with Crippen molar-refractivity contribution < 1.29 is 4.79 Å². The third kappa shape index (κ3) is 4.27. The van der Waals surface area contributed by atoms with Crippen LogP contribution in [0.25, 0.3) is 5.65 Å². The van der Waals surface area contributed by atoms with Crippen LogP contribution in [0.1, 0.15) is 59.2 Å². The summed E-state index contributed by atoms with van der Waals surface area (Å²) >= 11 is 0. The van der Waals surface area contributed by atoms with Gasteiger partial charge in [-0.25, -0.2) is 4.98 Å². The Morgan fingerprint density at radius 3 is 2.94 bits per heavy atom. The molecule has 1 saturated heterocycles. The fourth-order valence-corrected chi connectivity index (χ4v) is 5.17. The molecule has 0 bridgehead atoms. The summed E-state index contributed by atoms with van der Waals surface area (Å²) in [6, 6.07) is 10.3. The highest BCUT2D eigenvalue weighted by Gasteiger charge is 2.27. The normalized spacial score (nSPS) is 18.9. The topological polar surface area (TPSA) is 65.8 Å². The van der Waals surface area contributed by atoms with Crippen molar-refractivity contribution in [2.75, 3.05) is 33.2 Å². The largest absolute Gasteiger partial charge is 0.349 e. The number of hydrogen-bond donors (Lipinski definition) is 1. The first-order valence-corrected chi connectivity index (χ1v) is 11.8. The van der Waals surface area contributed by atoms with E-state index in [1.165, 1.54) is 24.1 Å². The third-order valence-electron chi connectivity index (χ3n) is 6.83. The monoisotopic (exact) mass is 432 g/mol. The van der Waals surface area contributed by atoms with Gasteiger partial charge in [0.2, 0.25) is 0 Å². The van der Waals surface area contributed by atoms with Crippen molar-refractivity contribution in [3.05, 3.63) is 65.4 Å². The number of nitrogens with one attached hydrogen (secondary N) is 1. The third-order valence-corrected chi connectivity index (χ3v) is 6.83. The van der Waals surface area contributed by atoms with Gasteiger partial charge in [0.25, 0.3) is 5.91 Å². The number of pyridine rings is 2. The molecular formula is C25H32N6O. The predicted molar refractivity (Wildman–Crippen MR) is 125 cm³/mol. The molecule has 0 spiro atoms. The Balaban J connectivity index is 1.36. The highest BCUT2D eigenvalue weighted by molar-refractivity contribution is 5.94. The van der Waals surface area contributed by atoms with Crippen LogP contribution in [-0.2, 0) is 13.0 Å². The van der Waals surface area contributed by atoms with Crippen LogP contribution in [0.2, 0.25) is 0 Å². The first kappa shape index (κ1) is 21.1. The molecule has 4 heterocycles. The molecule has 1 aliphatic carbocycles. The molecule has 1 amide bonds. The summed E-state index contributed by atoms with van der Waals surface area (Å²) in [4.78, 5) is 27.5. The van der Waals surface area contributed by atoms with Crippen LogP contribution in [0.3, 0.4) is 0 Å². The van der Waals surface area contributed by atoms with E-state index in [1.807, 2.05) is 41.1 Å². The second-order valence-electron chi connectivity index (χ2n) is 9.01.